The monoisotopic (exact) mass is 695 g/mol. The molecule has 1 saturated carbocycles. The summed E-state index contributed by atoms with van der Waals surface area (Å²) in [5.41, 5.74) is 5.29. The molecule has 3 aliphatic rings. The molecule has 2 aromatic carbocycles. The van der Waals surface area contributed by atoms with Crippen molar-refractivity contribution in [1.82, 2.24) is 0 Å². The average molecular weight is 695 g/mol. The van der Waals surface area contributed by atoms with Crippen molar-refractivity contribution in [3.05, 3.63) is 57.6 Å². The smallest absolute Gasteiger partial charge is 0.183 e. The lowest BCUT2D eigenvalue weighted by Gasteiger charge is -2.38. The normalized spacial score (nSPS) is 27.0. The van der Waals surface area contributed by atoms with E-state index in [9.17, 15) is 10.2 Å². The Morgan fingerprint density at radius 2 is 0.740 bits per heavy atom. The minimum atomic E-state index is -0.334. The van der Waals surface area contributed by atoms with E-state index in [1.165, 1.54) is 25.7 Å². The molecule has 2 aliphatic heterocycles. The van der Waals surface area contributed by atoms with E-state index in [0.717, 1.165) is 58.4 Å². The molecule has 0 radical (unpaired) electrons. The van der Waals surface area contributed by atoms with Crippen molar-refractivity contribution >= 4 is 0 Å². The van der Waals surface area contributed by atoms with Crippen LogP contribution in [0.1, 0.15) is 169 Å². The first-order chi connectivity index (χ1) is 23.0. The Kier molecular flexibility index (Phi) is 12.6. The second-order valence-electron chi connectivity index (χ2n) is 19.8. The van der Waals surface area contributed by atoms with Crippen LogP contribution in [0.15, 0.2) is 24.3 Å². The standard InChI is InChI=1S/C25H40O3.C19H30O3/c1-16-8-10-17(11-9-16)19-14-27-23(28-15-19)18-12-20(24(2,3)4)22(26)21(13-18)25(5,6)7;1-12-10-21-17(22-11-12)13-8-14(18(2,3)4)16(20)15(9-13)19(5,6)7/h12-13,16-17,19,23,26H,8-11,14-15H2,1-7H3;8-9,12,17,20H,10-11H2,1-7H3. The molecule has 3 fully saturated rings. The first kappa shape index (κ1) is 40.6. The Balaban J connectivity index is 0.000000232. The molecule has 0 bridgehead atoms. The molecule has 2 saturated heterocycles. The molecule has 2 aromatic rings. The zero-order valence-corrected chi connectivity index (χ0v) is 34.0. The van der Waals surface area contributed by atoms with Gasteiger partial charge in [0.25, 0.3) is 0 Å². The van der Waals surface area contributed by atoms with E-state index in [-0.39, 0.29) is 34.2 Å². The van der Waals surface area contributed by atoms with Gasteiger partial charge in [-0.2, -0.15) is 0 Å². The average Bonchev–Trinajstić information content (AvgIpc) is 3.00. The highest BCUT2D eigenvalue weighted by Crippen LogP contribution is 2.44. The van der Waals surface area contributed by atoms with Crippen LogP contribution in [-0.2, 0) is 40.6 Å². The summed E-state index contributed by atoms with van der Waals surface area (Å²) >= 11 is 0. The SMILES string of the molecule is CC1CCC(C2COC(c3cc(C(C)(C)C)c(O)c(C(C)(C)C)c3)OC2)CC1.CC1COC(c2cc(C(C)(C)C)c(O)c(C(C)(C)C)c2)OC1. The Morgan fingerprint density at radius 3 is 1.04 bits per heavy atom. The predicted octanol–water partition coefficient (Wildman–Crippen LogP) is 11.1. The van der Waals surface area contributed by atoms with Gasteiger partial charge in [-0.25, -0.2) is 0 Å². The minimum absolute atomic E-state index is 0.137. The van der Waals surface area contributed by atoms with Gasteiger partial charge in [0.2, 0.25) is 0 Å². The van der Waals surface area contributed by atoms with Crippen LogP contribution in [0.2, 0.25) is 0 Å². The molecule has 6 heteroatoms. The minimum Gasteiger partial charge on any atom is -0.507 e. The highest BCUT2D eigenvalue weighted by Gasteiger charge is 2.34. The second kappa shape index (κ2) is 15.5. The lowest BCUT2D eigenvalue weighted by Crippen LogP contribution is -2.34. The van der Waals surface area contributed by atoms with E-state index >= 15 is 0 Å². The van der Waals surface area contributed by atoms with Gasteiger partial charge in [0.1, 0.15) is 11.5 Å². The fourth-order valence-electron chi connectivity index (χ4n) is 7.40. The van der Waals surface area contributed by atoms with Crippen molar-refractivity contribution in [3.63, 3.8) is 0 Å². The van der Waals surface area contributed by atoms with Gasteiger partial charge >= 0.3 is 0 Å². The molecule has 2 heterocycles. The van der Waals surface area contributed by atoms with E-state index in [1.54, 1.807) is 0 Å². The van der Waals surface area contributed by atoms with Crippen LogP contribution >= 0.6 is 0 Å². The Labute approximate surface area is 304 Å². The fourth-order valence-corrected chi connectivity index (χ4v) is 7.40. The van der Waals surface area contributed by atoms with E-state index in [1.807, 2.05) is 12.1 Å². The van der Waals surface area contributed by atoms with Crippen molar-refractivity contribution < 1.29 is 29.2 Å². The summed E-state index contributed by atoms with van der Waals surface area (Å²) in [4.78, 5) is 0. The molecule has 2 N–H and O–H groups in total. The molecular weight excluding hydrogens is 624 g/mol. The number of ether oxygens (including phenoxy) is 4. The molecule has 5 rings (SSSR count). The maximum Gasteiger partial charge on any atom is 0.183 e. The molecular formula is C44H70O6. The van der Waals surface area contributed by atoms with E-state index in [2.05, 4.69) is 109 Å². The van der Waals surface area contributed by atoms with Crippen LogP contribution in [0.4, 0.5) is 0 Å². The summed E-state index contributed by atoms with van der Waals surface area (Å²) in [6.07, 6.45) is 4.63. The predicted molar refractivity (Wildman–Crippen MR) is 204 cm³/mol. The van der Waals surface area contributed by atoms with Crippen molar-refractivity contribution in [2.24, 2.45) is 23.7 Å². The van der Waals surface area contributed by atoms with Crippen LogP contribution in [0.5, 0.6) is 11.5 Å². The van der Waals surface area contributed by atoms with Crippen LogP contribution < -0.4 is 0 Å². The summed E-state index contributed by atoms with van der Waals surface area (Å²) in [6, 6.07) is 8.23. The number of aromatic hydroxyl groups is 2. The summed E-state index contributed by atoms with van der Waals surface area (Å²) < 4.78 is 24.2. The van der Waals surface area contributed by atoms with Gasteiger partial charge in [-0.05, 0) is 92.9 Å². The van der Waals surface area contributed by atoms with Gasteiger partial charge in [-0.3, -0.25) is 0 Å². The fraction of sp³-hybridized carbons (Fsp3) is 0.727. The Bertz CT molecular complexity index is 1340. The molecule has 6 nitrogen and oxygen atoms in total. The van der Waals surface area contributed by atoms with E-state index in [0.29, 0.717) is 36.5 Å². The second-order valence-corrected chi connectivity index (χ2v) is 19.8. The lowest BCUT2D eigenvalue weighted by atomic mass is 9.76. The van der Waals surface area contributed by atoms with Gasteiger partial charge in [-0.15, -0.1) is 0 Å². The van der Waals surface area contributed by atoms with E-state index in [4.69, 9.17) is 18.9 Å². The molecule has 50 heavy (non-hydrogen) atoms. The Morgan fingerprint density at radius 1 is 0.440 bits per heavy atom. The lowest BCUT2D eigenvalue weighted by molar-refractivity contribution is -0.214. The van der Waals surface area contributed by atoms with Crippen molar-refractivity contribution in [1.29, 1.82) is 0 Å². The van der Waals surface area contributed by atoms with Crippen molar-refractivity contribution in [2.45, 2.75) is 157 Å². The zero-order valence-electron chi connectivity index (χ0n) is 34.0. The van der Waals surface area contributed by atoms with Gasteiger partial charge in [0, 0.05) is 23.0 Å². The number of benzene rings is 2. The molecule has 0 unspecified atom stereocenters. The summed E-state index contributed by atoms with van der Waals surface area (Å²) in [5, 5.41) is 21.7. The van der Waals surface area contributed by atoms with Crippen molar-refractivity contribution in [3.8, 4) is 11.5 Å². The van der Waals surface area contributed by atoms with Gasteiger partial charge in [-0.1, -0.05) is 110 Å². The molecule has 0 aromatic heterocycles. The number of hydrogen-bond acceptors (Lipinski definition) is 6. The van der Waals surface area contributed by atoms with Crippen LogP contribution in [0.25, 0.3) is 0 Å². The molecule has 0 spiro atoms. The third kappa shape index (κ3) is 10.1. The summed E-state index contributed by atoms with van der Waals surface area (Å²) in [5.74, 6) is 3.37. The highest BCUT2D eigenvalue weighted by molar-refractivity contribution is 5.51. The summed E-state index contributed by atoms with van der Waals surface area (Å²) in [7, 11) is 0. The zero-order chi connectivity index (χ0) is 37.4. The number of phenols is 2. The molecule has 0 amide bonds. The first-order valence-electron chi connectivity index (χ1n) is 19.2. The van der Waals surface area contributed by atoms with Crippen LogP contribution in [-0.4, -0.2) is 36.6 Å². The van der Waals surface area contributed by atoms with E-state index < -0.39 is 0 Å². The van der Waals surface area contributed by atoms with Crippen LogP contribution in [0.3, 0.4) is 0 Å². The number of phenolic OH excluding ortho intramolecular Hbond substituents is 2. The molecule has 282 valence electrons. The Hall–Kier alpha value is -2.12. The highest BCUT2D eigenvalue weighted by atomic mass is 16.7. The first-order valence-corrected chi connectivity index (χ1v) is 19.2. The van der Waals surface area contributed by atoms with Gasteiger partial charge in [0.15, 0.2) is 12.6 Å². The van der Waals surface area contributed by atoms with Gasteiger partial charge < -0.3 is 29.2 Å². The third-order valence-electron chi connectivity index (χ3n) is 10.8. The largest absolute Gasteiger partial charge is 0.507 e. The molecule has 0 atom stereocenters. The number of rotatable bonds is 3. The van der Waals surface area contributed by atoms with Crippen LogP contribution in [0, 0.1) is 23.7 Å². The maximum absolute atomic E-state index is 10.9. The topological polar surface area (TPSA) is 77.4 Å². The number of hydrogen-bond donors (Lipinski definition) is 2. The summed E-state index contributed by atoms with van der Waals surface area (Å²) in [6.45, 7) is 33.0. The third-order valence-corrected chi connectivity index (χ3v) is 10.8. The van der Waals surface area contributed by atoms with Gasteiger partial charge in [0.05, 0.1) is 26.4 Å². The molecule has 1 aliphatic carbocycles. The van der Waals surface area contributed by atoms with Crippen molar-refractivity contribution in [2.75, 3.05) is 26.4 Å². The quantitative estimate of drug-likeness (QED) is 0.333. The maximum atomic E-state index is 10.9.